The molecule has 0 radical (unpaired) electrons. The Balaban J connectivity index is 2.02. The van der Waals surface area contributed by atoms with Crippen molar-refractivity contribution in [2.45, 2.75) is 13.2 Å². The second-order valence-electron chi connectivity index (χ2n) is 4.31. The first-order valence-electron chi connectivity index (χ1n) is 6.39. The molecular formula is C16H19NO3. The summed E-state index contributed by atoms with van der Waals surface area (Å²) in [6.07, 6.45) is 0. The van der Waals surface area contributed by atoms with Gasteiger partial charge < -0.3 is 19.9 Å². The van der Waals surface area contributed by atoms with Crippen LogP contribution in [0.15, 0.2) is 42.5 Å². The summed E-state index contributed by atoms with van der Waals surface area (Å²) in [6.45, 7) is 0.941. The van der Waals surface area contributed by atoms with E-state index >= 15 is 0 Å². The number of nitrogens with two attached hydrogens (primary N) is 1. The highest BCUT2D eigenvalue weighted by atomic mass is 16.5. The molecule has 0 fully saturated rings. The van der Waals surface area contributed by atoms with E-state index in [2.05, 4.69) is 0 Å². The molecule has 0 aromatic heterocycles. The molecule has 0 unspecified atom stereocenters. The summed E-state index contributed by atoms with van der Waals surface area (Å²) < 4.78 is 16.1. The fraction of sp³-hybridized carbons (Fsp3) is 0.250. The van der Waals surface area contributed by atoms with E-state index in [9.17, 15) is 0 Å². The Kier molecular flexibility index (Phi) is 4.85. The molecule has 0 amide bonds. The van der Waals surface area contributed by atoms with Crippen molar-refractivity contribution < 1.29 is 14.2 Å². The van der Waals surface area contributed by atoms with E-state index in [-0.39, 0.29) is 0 Å². The lowest BCUT2D eigenvalue weighted by molar-refractivity contribution is 0.304. The molecule has 0 bridgehead atoms. The average Bonchev–Trinajstić information content (AvgIpc) is 2.53. The minimum Gasteiger partial charge on any atom is -0.497 e. The minimum atomic E-state index is 0.461. The van der Waals surface area contributed by atoms with Crippen LogP contribution in [-0.4, -0.2) is 14.2 Å². The van der Waals surface area contributed by atoms with Gasteiger partial charge in [0, 0.05) is 12.1 Å². The monoisotopic (exact) mass is 273 g/mol. The quantitative estimate of drug-likeness (QED) is 0.879. The summed E-state index contributed by atoms with van der Waals surface area (Å²) in [4.78, 5) is 0. The van der Waals surface area contributed by atoms with Crippen molar-refractivity contribution in [2.24, 2.45) is 5.73 Å². The number of methoxy groups -OCH3 is 2. The van der Waals surface area contributed by atoms with Gasteiger partial charge in [0.25, 0.3) is 0 Å². The first-order chi connectivity index (χ1) is 9.76. The number of rotatable bonds is 6. The van der Waals surface area contributed by atoms with Crippen molar-refractivity contribution in [1.29, 1.82) is 0 Å². The van der Waals surface area contributed by atoms with Gasteiger partial charge >= 0.3 is 0 Å². The molecule has 2 N–H and O–H groups in total. The molecular weight excluding hydrogens is 254 g/mol. The Labute approximate surface area is 119 Å². The Bertz CT molecular complexity index is 552. The molecule has 4 heteroatoms. The number of ether oxygens (including phenoxy) is 3. The van der Waals surface area contributed by atoms with E-state index in [1.807, 2.05) is 42.5 Å². The molecule has 106 valence electrons. The number of benzene rings is 2. The predicted octanol–water partition coefficient (Wildman–Crippen LogP) is 2.74. The van der Waals surface area contributed by atoms with Gasteiger partial charge in [-0.05, 0) is 35.9 Å². The lowest BCUT2D eigenvalue weighted by Gasteiger charge is -2.11. The molecule has 0 saturated carbocycles. The molecule has 0 heterocycles. The zero-order valence-corrected chi connectivity index (χ0v) is 11.8. The molecule has 0 spiro atoms. The molecule has 0 saturated heterocycles. The van der Waals surface area contributed by atoms with Gasteiger partial charge in [0.05, 0.1) is 14.2 Å². The van der Waals surface area contributed by atoms with Gasteiger partial charge in [-0.1, -0.05) is 12.1 Å². The van der Waals surface area contributed by atoms with Crippen LogP contribution in [0.2, 0.25) is 0 Å². The second-order valence-corrected chi connectivity index (χ2v) is 4.31. The number of hydrogen-bond acceptors (Lipinski definition) is 4. The fourth-order valence-electron chi connectivity index (χ4n) is 1.89. The van der Waals surface area contributed by atoms with Gasteiger partial charge in [-0.2, -0.15) is 0 Å². The smallest absolute Gasteiger partial charge is 0.123 e. The summed E-state index contributed by atoms with van der Waals surface area (Å²) in [7, 11) is 3.28. The topological polar surface area (TPSA) is 53.7 Å². The SMILES string of the molecule is COc1ccc(OCc2ccc(CN)c(OC)c2)cc1. The largest absolute Gasteiger partial charge is 0.497 e. The van der Waals surface area contributed by atoms with Crippen molar-refractivity contribution >= 4 is 0 Å². The van der Waals surface area contributed by atoms with Crippen LogP contribution >= 0.6 is 0 Å². The maximum atomic E-state index is 5.72. The lowest BCUT2D eigenvalue weighted by atomic mass is 10.1. The van der Waals surface area contributed by atoms with Gasteiger partial charge in [-0.15, -0.1) is 0 Å². The maximum absolute atomic E-state index is 5.72. The van der Waals surface area contributed by atoms with Crippen molar-refractivity contribution in [3.63, 3.8) is 0 Å². The molecule has 0 atom stereocenters. The van der Waals surface area contributed by atoms with E-state index < -0.39 is 0 Å². The van der Waals surface area contributed by atoms with Gasteiger partial charge in [-0.25, -0.2) is 0 Å². The van der Waals surface area contributed by atoms with E-state index in [1.54, 1.807) is 14.2 Å². The Morgan fingerprint density at radius 1 is 0.900 bits per heavy atom. The van der Waals surface area contributed by atoms with Crippen LogP contribution in [0.4, 0.5) is 0 Å². The van der Waals surface area contributed by atoms with Crippen molar-refractivity contribution in [3.8, 4) is 17.2 Å². The van der Waals surface area contributed by atoms with Crippen LogP contribution in [0.25, 0.3) is 0 Å². The normalized spacial score (nSPS) is 10.2. The van der Waals surface area contributed by atoms with Crippen LogP contribution in [0.5, 0.6) is 17.2 Å². The van der Waals surface area contributed by atoms with Crippen LogP contribution in [0.1, 0.15) is 11.1 Å². The first kappa shape index (κ1) is 14.2. The van der Waals surface area contributed by atoms with Gasteiger partial charge in [0.2, 0.25) is 0 Å². The minimum absolute atomic E-state index is 0.461. The molecule has 20 heavy (non-hydrogen) atoms. The lowest BCUT2D eigenvalue weighted by Crippen LogP contribution is -2.02. The summed E-state index contributed by atoms with van der Waals surface area (Å²) >= 11 is 0. The van der Waals surface area contributed by atoms with Gasteiger partial charge in [0.15, 0.2) is 0 Å². The van der Waals surface area contributed by atoms with Crippen LogP contribution < -0.4 is 19.9 Å². The summed E-state index contributed by atoms with van der Waals surface area (Å²) in [5, 5.41) is 0. The fourth-order valence-corrected chi connectivity index (χ4v) is 1.89. The third kappa shape index (κ3) is 3.42. The molecule has 2 aromatic rings. The van der Waals surface area contributed by atoms with Gasteiger partial charge in [-0.3, -0.25) is 0 Å². The predicted molar refractivity (Wildman–Crippen MR) is 78.2 cm³/mol. The number of hydrogen-bond donors (Lipinski definition) is 1. The molecule has 2 rings (SSSR count). The van der Waals surface area contributed by atoms with Gasteiger partial charge in [0.1, 0.15) is 23.9 Å². The Hall–Kier alpha value is -2.20. The summed E-state index contributed by atoms with van der Waals surface area (Å²) in [5.41, 5.74) is 7.67. The van der Waals surface area contributed by atoms with E-state index in [1.165, 1.54) is 0 Å². The maximum Gasteiger partial charge on any atom is 0.123 e. The van der Waals surface area contributed by atoms with Crippen LogP contribution in [0, 0.1) is 0 Å². The molecule has 0 aliphatic rings. The van der Waals surface area contributed by atoms with Crippen molar-refractivity contribution in [3.05, 3.63) is 53.6 Å². The standard InChI is InChI=1S/C16H19NO3/c1-18-14-5-7-15(8-6-14)20-11-12-3-4-13(10-17)16(9-12)19-2/h3-9H,10-11,17H2,1-2H3. The highest BCUT2D eigenvalue weighted by Gasteiger charge is 2.04. The average molecular weight is 273 g/mol. The van der Waals surface area contributed by atoms with Crippen LogP contribution in [0.3, 0.4) is 0 Å². The summed E-state index contributed by atoms with van der Waals surface area (Å²) in [5.74, 6) is 2.40. The van der Waals surface area contributed by atoms with E-state index in [0.717, 1.165) is 28.4 Å². The molecule has 0 aliphatic heterocycles. The second kappa shape index (κ2) is 6.82. The van der Waals surface area contributed by atoms with E-state index in [0.29, 0.717) is 13.2 Å². The van der Waals surface area contributed by atoms with Crippen LogP contribution in [-0.2, 0) is 13.2 Å². The first-order valence-corrected chi connectivity index (χ1v) is 6.39. The third-order valence-corrected chi connectivity index (χ3v) is 3.04. The highest BCUT2D eigenvalue weighted by Crippen LogP contribution is 2.22. The molecule has 2 aromatic carbocycles. The Morgan fingerprint density at radius 3 is 2.20 bits per heavy atom. The highest BCUT2D eigenvalue weighted by molar-refractivity contribution is 5.37. The third-order valence-electron chi connectivity index (χ3n) is 3.04. The van der Waals surface area contributed by atoms with Crippen molar-refractivity contribution in [2.75, 3.05) is 14.2 Å². The molecule has 4 nitrogen and oxygen atoms in total. The summed E-state index contributed by atoms with van der Waals surface area (Å²) in [6, 6.07) is 13.4. The van der Waals surface area contributed by atoms with Crippen molar-refractivity contribution in [1.82, 2.24) is 0 Å². The molecule has 0 aliphatic carbocycles. The Morgan fingerprint density at radius 2 is 1.60 bits per heavy atom. The zero-order chi connectivity index (χ0) is 14.4. The zero-order valence-electron chi connectivity index (χ0n) is 11.8. The van der Waals surface area contributed by atoms with E-state index in [4.69, 9.17) is 19.9 Å².